The third kappa shape index (κ3) is 5.26. The van der Waals surface area contributed by atoms with Crippen LogP contribution in [0.2, 0.25) is 0 Å². The number of nitrogens with zero attached hydrogens (tertiary/aromatic N) is 5. The quantitative estimate of drug-likeness (QED) is 0.354. The summed E-state index contributed by atoms with van der Waals surface area (Å²) in [6.07, 6.45) is 5.59. The third-order valence-electron chi connectivity index (χ3n) is 6.61. The smallest absolute Gasteiger partial charge is 0.247 e. The number of hydrogen-bond donors (Lipinski definition) is 2. The number of nitrogens with one attached hydrogen (secondary N) is 2. The van der Waals surface area contributed by atoms with Crippen LogP contribution in [0.15, 0.2) is 73.6 Å². The zero-order chi connectivity index (χ0) is 25.9. The summed E-state index contributed by atoms with van der Waals surface area (Å²) < 4.78 is 13.9. The summed E-state index contributed by atoms with van der Waals surface area (Å²) in [5, 5.41) is 6.16. The number of amides is 1. The molecular weight excluding hydrogens is 469 g/mol. The van der Waals surface area contributed by atoms with Crippen molar-refractivity contribution in [2.24, 2.45) is 0 Å². The topological polar surface area (TPSA) is 86.3 Å². The van der Waals surface area contributed by atoms with E-state index in [1.165, 1.54) is 18.2 Å². The molecule has 0 aliphatic carbocycles. The first-order valence-electron chi connectivity index (χ1n) is 12.0. The number of benzene rings is 2. The van der Waals surface area contributed by atoms with Crippen molar-refractivity contribution in [2.45, 2.75) is 12.5 Å². The standard InChI is InChI=1S/C28H28FN7O/c1-4-26(37)33-23-15-20(8-9-25(23)36(3)21-11-13-35(2)17-21)32-28-31-16-24-27(34-28)22(10-12-30-24)18-6-5-7-19(29)14-18/h4-10,12,14-16,21H,1,11,13,17H2,2-3H3,(H,33,37)(H,31,32,34). The maximum atomic E-state index is 13.9. The minimum Gasteiger partial charge on any atom is -0.369 e. The molecule has 1 aliphatic rings. The Morgan fingerprint density at radius 2 is 2.08 bits per heavy atom. The molecule has 1 atom stereocenters. The minimum absolute atomic E-state index is 0.289. The molecule has 8 nitrogen and oxygen atoms in total. The van der Waals surface area contributed by atoms with Crippen LogP contribution in [0.3, 0.4) is 0 Å². The van der Waals surface area contributed by atoms with Gasteiger partial charge in [0.05, 0.1) is 17.6 Å². The first kappa shape index (κ1) is 24.3. The van der Waals surface area contributed by atoms with Crippen molar-refractivity contribution in [3.8, 4) is 11.1 Å². The van der Waals surface area contributed by atoms with Crippen LogP contribution in [0, 0.1) is 5.82 Å². The Balaban J connectivity index is 1.48. The Bertz CT molecular complexity index is 1470. The van der Waals surface area contributed by atoms with Gasteiger partial charge in [-0.05, 0) is 68.1 Å². The predicted octanol–water partition coefficient (Wildman–Crippen LogP) is 4.84. The van der Waals surface area contributed by atoms with Crippen molar-refractivity contribution in [3.05, 3.63) is 79.4 Å². The van der Waals surface area contributed by atoms with Crippen LogP contribution in [0.25, 0.3) is 22.2 Å². The van der Waals surface area contributed by atoms with Crippen LogP contribution >= 0.6 is 0 Å². The molecule has 3 heterocycles. The summed E-state index contributed by atoms with van der Waals surface area (Å²) in [5.41, 5.74) is 4.95. The summed E-state index contributed by atoms with van der Waals surface area (Å²) in [4.78, 5) is 30.2. The molecule has 0 spiro atoms. The van der Waals surface area contributed by atoms with Gasteiger partial charge in [-0.3, -0.25) is 9.78 Å². The third-order valence-corrected chi connectivity index (χ3v) is 6.61. The molecule has 0 bridgehead atoms. The fraction of sp³-hybridized carbons (Fsp3) is 0.214. The number of likely N-dealkylation sites (N-methyl/N-ethyl adjacent to an activating group) is 2. The molecule has 0 saturated carbocycles. The van der Waals surface area contributed by atoms with Gasteiger partial charge in [-0.1, -0.05) is 18.7 Å². The van der Waals surface area contributed by atoms with Crippen LogP contribution in [0.4, 0.5) is 27.4 Å². The van der Waals surface area contributed by atoms with E-state index in [-0.39, 0.29) is 11.7 Å². The first-order valence-corrected chi connectivity index (χ1v) is 12.0. The van der Waals surface area contributed by atoms with Crippen LogP contribution in [-0.4, -0.2) is 59.0 Å². The van der Waals surface area contributed by atoms with Gasteiger partial charge in [0.2, 0.25) is 11.9 Å². The molecule has 4 aromatic rings. The van der Waals surface area contributed by atoms with Crippen LogP contribution in [-0.2, 0) is 4.79 Å². The first-order chi connectivity index (χ1) is 17.9. The fourth-order valence-electron chi connectivity index (χ4n) is 4.65. The highest BCUT2D eigenvalue weighted by atomic mass is 19.1. The second-order valence-electron chi connectivity index (χ2n) is 9.16. The second-order valence-corrected chi connectivity index (χ2v) is 9.16. The minimum atomic E-state index is -0.321. The average Bonchev–Trinajstić information content (AvgIpc) is 3.34. The number of pyridine rings is 1. The molecule has 0 radical (unpaired) electrons. The van der Waals surface area contributed by atoms with E-state index in [0.29, 0.717) is 40.0 Å². The van der Waals surface area contributed by atoms with E-state index in [9.17, 15) is 9.18 Å². The maximum absolute atomic E-state index is 13.9. The number of anilines is 4. The Morgan fingerprint density at radius 1 is 1.22 bits per heavy atom. The number of rotatable bonds is 7. The highest BCUT2D eigenvalue weighted by molar-refractivity contribution is 6.02. The summed E-state index contributed by atoms with van der Waals surface area (Å²) in [6.45, 7) is 5.57. The molecule has 1 unspecified atom stereocenters. The molecule has 1 aliphatic heterocycles. The largest absolute Gasteiger partial charge is 0.369 e. The summed E-state index contributed by atoms with van der Waals surface area (Å²) in [6, 6.07) is 14.3. The van der Waals surface area contributed by atoms with E-state index >= 15 is 0 Å². The van der Waals surface area contributed by atoms with Crippen molar-refractivity contribution >= 4 is 40.0 Å². The highest BCUT2D eigenvalue weighted by Crippen LogP contribution is 2.33. The van der Waals surface area contributed by atoms with Crippen molar-refractivity contribution in [1.82, 2.24) is 19.9 Å². The normalized spacial score (nSPS) is 15.5. The number of carbonyl (C=O) groups excluding carboxylic acids is 1. The highest BCUT2D eigenvalue weighted by Gasteiger charge is 2.25. The molecular formula is C28H28FN7O. The van der Waals surface area contributed by atoms with E-state index in [2.05, 4.69) is 49.0 Å². The molecule has 9 heteroatoms. The molecule has 5 rings (SSSR count). The number of halogens is 1. The van der Waals surface area contributed by atoms with Gasteiger partial charge in [0.25, 0.3) is 0 Å². The number of carbonyl (C=O) groups is 1. The molecule has 37 heavy (non-hydrogen) atoms. The average molecular weight is 498 g/mol. The Kier molecular flexibility index (Phi) is 6.78. The van der Waals surface area contributed by atoms with E-state index in [4.69, 9.17) is 0 Å². The van der Waals surface area contributed by atoms with Crippen molar-refractivity contribution in [2.75, 3.05) is 42.7 Å². The Morgan fingerprint density at radius 3 is 2.84 bits per heavy atom. The van der Waals surface area contributed by atoms with E-state index in [0.717, 1.165) is 30.8 Å². The molecule has 2 aromatic heterocycles. The van der Waals surface area contributed by atoms with Crippen LogP contribution in [0.5, 0.6) is 0 Å². The molecule has 2 aromatic carbocycles. The molecule has 188 valence electrons. The Hall–Kier alpha value is -4.37. The van der Waals surface area contributed by atoms with Gasteiger partial charge in [0.1, 0.15) is 16.9 Å². The van der Waals surface area contributed by atoms with Gasteiger partial charge in [0.15, 0.2) is 0 Å². The van der Waals surface area contributed by atoms with Crippen molar-refractivity contribution < 1.29 is 9.18 Å². The molecule has 1 fully saturated rings. The Labute approximate surface area is 214 Å². The number of likely N-dealkylation sites (tertiary alicyclic amines) is 1. The SMILES string of the molecule is C=CC(=O)Nc1cc(Nc2ncc3nccc(-c4cccc(F)c4)c3n2)ccc1N(C)C1CCN(C)C1. The predicted molar refractivity (Wildman–Crippen MR) is 146 cm³/mol. The summed E-state index contributed by atoms with van der Waals surface area (Å²) >= 11 is 0. The van der Waals surface area contributed by atoms with E-state index in [1.807, 2.05) is 37.4 Å². The molecule has 1 amide bonds. The van der Waals surface area contributed by atoms with Crippen LogP contribution < -0.4 is 15.5 Å². The lowest BCUT2D eigenvalue weighted by atomic mass is 10.1. The number of aromatic nitrogens is 3. The van der Waals surface area contributed by atoms with Gasteiger partial charge in [-0.15, -0.1) is 0 Å². The van der Waals surface area contributed by atoms with E-state index in [1.54, 1.807) is 18.5 Å². The summed E-state index contributed by atoms with van der Waals surface area (Å²) in [7, 11) is 4.16. The molecule has 2 N–H and O–H groups in total. The lowest BCUT2D eigenvalue weighted by molar-refractivity contribution is -0.111. The fourth-order valence-corrected chi connectivity index (χ4v) is 4.65. The van der Waals surface area contributed by atoms with Gasteiger partial charge >= 0.3 is 0 Å². The van der Waals surface area contributed by atoms with Gasteiger partial charge in [0, 0.05) is 37.1 Å². The van der Waals surface area contributed by atoms with Crippen molar-refractivity contribution in [3.63, 3.8) is 0 Å². The van der Waals surface area contributed by atoms with Crippen molar-refractivity contribution in [1.29, 1.82) is 0 Å². The van der Waals surface area contributed by atoms with Gasteiger partial charge in [-0.25, -0.2) is 14.4 Å². The second kappa shape index (κ2) is 10.3. The molecule has 1 saturated heterocycles. The van der Waals surface area contributed by atoms with E-state index < -0.39 is 0 Å². The van der Waals surface area contributed by atoms with Gasteiger partial charge in [-0.2, -0.15) is 0 Å². The zero-order valence-corrected chi connectivity index (χ0v) is 20.8. The monoisotopic (exact) mass is 497 g/mol. The van der Waals surface area contributed by atoms with Gasteiger partial charge < -0.3 is 20.4 Å². The lowest BCUT2D eigenvalue weighted by Crippen LogP contribution is -2.34. The zero-order valence-electron chi connectivity index (χ0n) is 20.8. The maximum Gasteiger partial charge on any atom is 0.247 e. The lowest BCUT2D eigenvalue weighted by Gasteiger charge is -2.29. The number of hydrogen-bond acceptors (Lipinski definition) is 7. The van der Waals surface area contributed by atoms with Crippen LogP contribution in [0.1, 0.15) is 6.42 Å². The number of fused-ring (bicyclic) bond motifs is 1. The summed E-state index contributed by atoms with van der Waals surface area (Å²) in [5.74, 6) is -0.251.